The Hall–Kier alpha value is -2.46. The van der Waals surface area contributed by atoms with Crippen LogP contribution in [0.25, 0.3) is 0 Å². The highest BCUT2D eigenvalue weighted by molar-refractivity contribution is 7.47. The lowest BCUT2D eigenvalue weighted by Gasteiger charge is -2.21. The summed E-state index contributed by atoms with van der Waals surface area (Å²) in [6, 6.07) is 0. The molecule has 0 amide bonds. The number of rotatable bonds is 69. The fraction of sp³-hybridized carbons (Fsp3) is 0.890. The lowest BCUT2D eigenvalue weighted by Crippen LogP contribution is -2.30. The molecule has 0 heterocycles. The van der Waals surface area contributed by atoms with Gasteiger partial charge in [-0.25, -0.2) is 9.13 Å². The molecule has 542 valence electrons. The van der Waals surface area contributed by atoms with Crippen molar-refractivity contribution in [3.05, 3.63) is 24.3 Å². The zero-order chi connectivity index (χ0) is 68.0. The molecule has 92 heavy (non-hydrogen) atoms. The minimum absolute atomic E-state index is 0.0989. The van der Waals surface area contributed by atoms with Crippen molar-refractivity contribution in [1.29, 1.82) is 0 Å². The fourth-order valence-corrected chi connectivity index (χ4v) is 12.0. The second kappa shape index (κ2) is 63.3. The molecule has 0 bridgehead atoms. The van der Waals surface area contributed by atoms with Gasteiger partial charge in [0.1, 0.15) is 19.3 Å². The minimum Gasteiger partial charge on any atom is -0.462 e. The number of carbonyl (C=O) groups is 4. The number of allylic oxidation sites excluding steroid dienone is 4. The van der Waals surface area contributed by atoms with Gasteiger partial charge < -0.3 is 33.8 Å². The lowest BCUT2D eigenvalue weighted by molar-refractivity contribution is -0.161. The summed E-state index contributed by atoms with van der Waals surface area (Å²) in [6.45, 7) is 11.8. The molecule has 0 aliphatic carbocycles. The van der Waals surface area contributed by atoms with Gasteiger partial charge in [0, 0.05) is 25.7 Å². The third kappa shape index (κ3) is 63.6. The molecule has 0 saturated carbocycles. The maximum absolute atomic E-state index is 13.0. The van der Waals surface area contributed by atoms with Crippen LogP contribution in [0.2, 0.25) is 0 Å². The van der Waals surface area contributed by atoms with Crippen molar-refractivity contribution >= 4 is 39.5 Å². The number of aliphatic hydroxyl groups is 1. The van der Waals surface area contributed by atoms with Crippen LogP contribution in [0.4, 0.5) is 0 Å². The summed E-state index contributed by atoms with van der Waals surface area (Å²) in [5.41, 5.74) is 0. The van der Waals surface area contributed by atoms with Crippen molar-refractivity contribution in [2.45, 2.75) is 362 Å². The number of hydrogen-bond acceptors (Lipinski definition) is 15. The molecule has 0 aromatic heterocycles. The first-order valence-electron chi connectivity index (χ1n) is 37.2. The molecule has 0 aliphatic rings. The fourth-order valence-electron chi connectivity index (χ4n) is 10.5. The van der Waals surface area contributed by atoms with E-state index in [4.69, 9.17) is 37.0 Å². The Balaban J connectivity index is 5.31. The first kappa shape index (κ1) is 89.5. The first-order valence-corrected chi connectivity index (χ1v) is 40.2. The lowest BCUT2D eigenvalue weighted by atomic mass is 9.99. The molecule has 0 saturated heterocycles. The third-order valence-corrected chi connectivity index (χ3v) is 18.9. The zero-order valence-electron chi connectivity index (χ0n) is 59.5. The maximum Gasteiger partial charge on any atom is 0.472 e. The summed E-state index contributed by atoms with van der Waals surface area (Å²) in [6.07, 6.45) is 50.6. The van der Waals surface area contributed by atoms with Crippen molar-refractivity contribution in [3.63, 3.8) is 0 Å². The van der Waals surface area contributed by atoms with Gasteiger partial charge in [0.25, 0.3) is 0 Å². The van der Waals surface area contributed by atoms with E-state index in [-0.39, 0.29) is 25.7 Å². The van der Waals surface area contributed by atoms with Crippen LogP contribution in [0.3, 0.4) is 0 Å². The van der Waals surface area contributed by atoms with E-state index < -0.39 is 97.5 Å². The van der Waals surface area contributed by atoms with E-state index >= 15 is 0 Å². The Kier molecular flexibility index (Phi) is 61.6. The molecule has 0 radical (unpaired) electrons. The highest BCUT2D eigenvalue weighted by atomic mass is 31.2. The Morgan fingerprint density at radius 3 is 0.967 bits per heavy atom. The van der Waals surface area contributed by atoms with Gasteiger partial charge in [0.05, 0.1) is 26.4 Å². The number of hydrogen-bond donors (Lipinski definition) is 3. The van der Waals surface area contributed by atoms with Gasteiger partial charge in [-0.3, -0.25) is 37.3 Å². The standard InChI is InChI=1S/C73H138O17P2/c1-8-11-12-13-14-15-16-17-18-19-20-24-33-40-47-54-70(75)83-60-68(89-72(77)56-49-42-35-25-22-21-23-31-38-45-52-65(6)9-2)62-87-91(79,80)85-58-67(74)59-86-92(81,82)88-63-69(61-84-71(76)55-48-41-34-28-26-30-37-44-51-64(4)5)90-73(78)57-50-43-36-29-27-32-39-46-53-66(7)10-3/h15-18,64-69,74H,8-14,19-63H2,1-7H3,(H,79,80)(H,81,82)/b16-15-,18-17-/t65?,66?,67?,68-,69-/m1/s1. The van der Waals surface area contributed by atoms with Crippen molar-refractivity contribution < 1.29 is 80.2 Å². The molecule has 0 aliphatic heterocycles. The van der Waals surface area contributed by atoms with Crippen molar-refractivity contribution in [3.8, 4) is 0 Å². The molecule has 0 rings (SSSR count). The van der Waals surface area contributed by atoms with E-state index in [0.29, 0.717) is 25.7 Å². The average molecular weight is 1350 g/mol. The van der Waals surface area contributed by atoms with E-state index in [9.17, 15) is 43.2 Å². The van der Waals surface area contributed by atoms with Gasteiger partial charge in [0.2, 0.25) is 0 Å². The number of carbonyl (C=O) groups excluding carboxylic acids is 4. The van der Waals surface area contributed by atoms with Crippen LogP contribution in [0.5, 0.6) is 0 Å². The summed E-state index contributed by atoms with van der Waals surface area (Å²) < 4.78 is 68.4. The molecule has 0 aromatic carbocycles. The van der Waals surface area contributed by atoms with Crippen LogP contribution < -0.4 is 0 Å². The summed E-state index contributed by atoms with van der Waals surface area (Å²) in [5, 5.41) is 10.6. The monoisotopic (exact) mass is 1350 g/mol. The zero-order valence-corrected chi connectivity index (χ0v) is 61.3. The van der Waals surface area contributed by atoms with Crippen LogP contribution >= 0.6 is 15.6 Å². The number of esters is 4. The number of phosphoric acid groups is 2. The number of aliphatic hydroxyl groups excluding tert-OH is 1. The molecule has 7 atom stereocenters. The number of phosphoric ester groups is 2. The van der Waals surface area contributed by atoms with Crippen molar-refractivity contribution in [1.82, 2.24) is 0 Å². The normalized spacial score (nSPS) is 14.9. The Morgan fingerprint density at radius 1 is 0.359 bits per heavy atom. The van der Waals surface area contributed by atoms with Crippen LogP contribution in [-0.4, -0.2) is 96.7 Å². The van der Waals surface area contributed by atoms with Crippen molar-refractivity contribution in [2.24, 2.45) is 17.8 Å². The minimum atomic E-state index is -4.96. The predicted octanol–water partition coefficient (Wildman–Crippen LogP) is 20.6. The van der Waals surface area contributed by atoms with Crippen molar-refractivity contribution in [2.75, 3.05) is 39.6 Å². The Morgan fingerprint density at radius 2 is 0.641 bits per heavy atom. The van der Waals surface area contributed by atoms with E-state index in [1.165, 1.54) is 135 Å². The number of ether oxygens (including phenoxy) is 4. The van der Waals surface area contributed by atoms with Gasteiger partial charge in [-0.1, -0.05) is 291 Å². The average Bonchev–Trinajstić information content (AvgIpc) is 3.54. The molecule has 3 N–H and O–H groups in total. The summed E-state index contributed by atoms with van der Waals surface area (Å²) >= 11 is 0. The van der Waals surface area contributed by atoms with E-state index in [2.05, 4.69) is 72.8 Å². The second-order valence-electron chi connectivity index (χ2n) is 26.6. The van der Waals surface area contributed by atoms with E-state index in [0.717, 1.165) is 127 Å². The van der Waals surface area contributed by atoms with Crippen LogP contribution in [0.15, 0.2) is 24.3 Å². The second-order valence-corrected chi connectivity index (χ2v) is 29.5. The van der Waals surface area contributed by atoms with E-state index in [1.807, 2.05) is 0 Å². The van der Waals surface area contributed by atoms with Crippen LogP contribution in [0, 0.1) is 17.8 Å². The smallest absolute Gasteiger partial charge is 0.462 e. The molecule has 17 nitrogen and oxygen atoms in total. The topological polar surface area (TPSA) is 237 Å². The van der Waals surface area contributed by atoms with Crippen LogP contribution in [-0.2, 0) is 65.4 Å². The van der Waals surface area contributed by atoms with Gasteiger partial charge >= 0.3 is 39.5 Å². The SMILES string of the molecule is CCCCCC/C=C\C=C/CCCCCCCC(=O)OC[C@H](COP(=O)(O)OCC(O)COP(=O)(O)OC[C@@H](COC(=O)CCCCCCCCCCC(C)C)OC(=O)CCCCCCCCCCC(C)CC)OC(=O)CCCCCCCCCCCCC(C)CC. The van der Waals surface area contributed by atoms with E-state index in [1.54, 1.807) is 0 Å². The van der Waals surface area contributed by atoms with Gasteiger partial charge in [-0.2, -0.15) is 0 Å². The summed E-state index contributed by atoms with van der Waals surface area (Å²) in [5.74, 6) is 0.138. The predicted molar refractivity (Wildman–Crippen MR) is 372 cm³/mol. The summed E-state index contributed by atoms with van der Waals surface area (Å²) in [7, 11) is -9.92. The van der Waals surface area contributed by atoms with Gasteiger partial charge in [-0.05, 0) is 69.1 Å². The Bertz CT molecular complexity index is 1900. The van der Waals surface area contributed by atoms with Gasteiger partial charge in [-0.15, -0.1) is 0 Å². The summed E-state index contributed by atoms with van der Waals surface area (Å²) in [4.78, 5) is 72.7. The third-order valence-electron chi connectivity index (χ3n) is 17.0. The highest BCUT2D eigenvalue weighted by Crippen LogP contribution is 2.45. The van der Waals surface area contributed by atoms with Gasteiger partial charge in [0.15, 0.2) is 12.2 Å². The van der Waals surface area contributed by atoms with Crippen LogP contribution in [0.1, 0.15) is 344 Å². The first-order chi connectivity index (χ1) is 44.3. The molecule has 5 unspecified atom stereocenters. The molecular formula is C73H138O17P2. The quantitative estimate of drug-likeness (QED) is 0.0169. The maximum atomic E-state index is 13.0. The number of unbranched alkanes of at least 4 members (excludes halogenated alkanes) is 32. The molecule has 0 aromatic rings. The highest BCUT2D eigenvalue weighted by Gasteiger charge is 2.30. The molecule has 0 fully saturated rings. The molecule has 19 heteroatoms. The molecule has 0 spiro atoms. The largest absolute Gasteiger partial charge is 0.472 e. The Labute approximate surface area is 561 Å². The molecular weight excluding hydrogens is 1210 g/mol.